The van der Waals surface area contributed by atoms with Crippen LogP contribution in [0.25, 0.3) is 0 Å². The Bertz CT molecular complexity index is 472. The highest BCUT2D eigenvalue weighted by atomic mass is 16.7. The van der Waals surface area contributed by atoms with Crippen LogP contribution < -0.4 is 15.2 Å². The minimum Gasteiger partial charge on any atom is -0.454 e. The highest BCUT2D eigenvalue weighted by Crippen LogP contribution is 2.56. The summed E-state index contributed by atoms with van der Waals surface area (Å²) in [4.78, 5) is 11.2. The Morgan fingerprint density at radius 3 is 3.06 bits per heavy atom. The molecular weight excluding hydrogens is 218 g/mol. The van der Waals surface area contributed by atoms with E-state index in [0.29, 0.717) is 11.8 Å². The van der Waals surface area contributed by atoms with Gasteiger partial charge < -0.3 is 15.2 Å². The van der Waals surface area contributed by atoms with Crippen LogP contribution in [0, 0.1) is 11.8 Å². The summed E-state index contributed by atoms with van der Waals surface area (Å²) < 4.78 is 10.8. The maximum absolute atomic E-state index is 11.2. The second-order valence-electron chi connectivity index (χ2n) is 4.78. The summed E-state index contributed by atoms with van der Waals surface area (Å²) in [5.74, 6) is 2.09. The number of hydrogen-bond donors (Lipinski definition) is 1. The number of nitrogens with two attached hydrogens (primary N) is 1. The highest BCUT2D eigenvalue weighted by molar-refractivity contribution is 5.77. The number of rotatable bonds is 3. The summed E-state index contributed by atoms with van der Waals surface area (Å²) in [5.41, 5.74) is 6.49. The van der Waals surface area contributed by atoms with E-state index in [9.17, 15) is 4.79 Å². The summed E-state index contributed by atoms with van der Waals surface area (Å²) >= 11 is 0. The van der Waals surface area contributed by atoms with Crippen LogP contribution in [0.2, 0.25) is 0 Å². The van der Waals surface area contributed by atoms with Crippen molar-refractivity contribution in [1.29, 1.82) is 0 Å². The van der Waals surface area contributed by atoms with Gasteiger partial charge in [-0.15, -0.1) is 0 Å². The third kappa shape index (κ3) is 1.64. The molecule has 3 unspecified atom stereocenters. The number of fused-ring (bicyclic) bond motifs is 1. The number of carbonyl (C=O) groups excluding carboxylic acids is 1. The first kappa shape index (κ1) is 10.4. The maximum Gasteiger partial charge on any atom is 0.231 e. The van der Waals surface area contributed by atoms with Crippen LogP contribution in [-0.4, -0.2) is 12.7 Å². The van der Waals surface area contributed by atoms with E-state index in [0.717, 1.165) is 23.5 Å². The first-order valence-electron chi connectivity index (χ1n) is 5.86. The molecule has 3 atom stereocenters. The number of carbonyl (C=O) groups is 1. The van der Waals surface area contributed by atoms with Crippen molar-refractivity contribution in [2.45, 2.75) is 19.3 Å². The molecule has 1 saturated carbocycles. The fourth-order valence-electron chi connectivity index (χ4n) is 2.58. The molecule has 17 heavy (non-hydrogen) atoms. The molecule has 1 aliphatic carbocycles. The van der Waals surface area contributed by atoms with Crippen molar-refractivity contribution in [2.24, 2.45) is 17.6 Å². The first-order valence-corrected chi connectivity index (χ1v) is 5.86. The summed E-state index contributed by atoms with van der Waals surface area (Å²) in [5, 5.41) is 0. The molecule has 0 bridgehead atoms. The van der Waals surface area contributed by atoms with Crippen LogP contribution in [0.5, 0.6) is 11.5 Å². The Labute approximate surface area is 99.7 Å². The lowest BCUT2D eigenvalue weighted by molar-refractivity contribution is -0.121. The molecule has 0 saturated heterocycles. The SMILES string of the molecule is CC(C(N)=O)C1CC1c1cccc2c1OCO2. The number of hydrogen-bond acceptors (Lipinski definition) is 3. The molecule has 1 aromatic carbocycles. The van der Waals surface area contributed by atoms with Crippen LogP contribution in [-0.2, 0) is 4.79 Å². The van der Waals surface area contributed by atoms with E-state index < -0.39 is 0 Å². The molecule has 1 heterocycles. The normalized spacial score (nSPS) is 26.6. The molecular formula is C13H15NO3. The van der Waals surface area contributed by atoms with E-state index in [1.807, 2.05) is 25.1 Å². The second kappa shape index (κ2) is 3.65. The largest absolute Gasteiger partial charge is 0.454 e. The van der Waals surface area contributed by atoms with Gasteiger partial charge in [0.05, 0.1) is 0 Å². The fraction of sp³-hybridized carbons (Fsp3) is 0.462. The molecule has 90 valence electrons. The minimum atomic E-state index is -0.220. The van der Waals surface area contributed by atoms with Gasteiger partial charge in [-0.25, -0.2) is 0 Å². The zero-order valence-corrected chi connectivity index (χ0v) is 9.68. The van der Waals surface area contributed by atoms with Crippen molar-refractivity contribution < 1.29 is 14.3 Å². The monoisotopic (exact) mass is 233 g/mol. The minimum absolute atomic E-state index is 0.0711. The lowest BCUT2D eigenvalue weighted by Crippen LogP contribution is -2.22. The lowest BCUT2D eigenvalue weighted by Gasteiger charge is -2.08. The summed E-state index contributed by atoms with van der Waals surface area (Å²) in [6.07, 6.45) is 1.00. The third-order valence-electron chi connectivity index (χ3n) is 3.76. The van der Waals surface area contributed by atoms with Crippen molar-refractivity contribution in [3.63, 3.8) is 0 Å². The lowest BCUT2D eigenvalue weighted by atomic mass is 10.00. The molecule has 2 N–H and O–H groups in total. The Hall–Kier alpha value is -1.71. The fourth-order valence-corrected chi connectivity index (χ4v) is 2.58. The van der Waals surface area contributed by atoms with Crippen molar-refractivity contribution in [3.8, 4) is 11.5 Å². The average Bonchev–Trinajstić information content (AvgIpc) is 2.95. The van der Waals surface area contributed by atoms with E-state index in [2.05, 4.69) is 0 Å². The number of amides is 1. The maximum atomic E-state index is 11.2. The molecule has 1 amide bonds. The third-order valence-corrected chi connectivity index (χ3v) is 3.76. The van der Waals surface area contributed by atoms with Gasteiger partial charge in [0.1, 0.15) is 0 Å². The molecule has 0 spiro atoms. The second-order valence-corrected chi connectivity index (χ2v) is 4.78. The van der Waals surface area contributed by atoms with Crippen LogP contribution in [0.4, 0.5) is 0 Å². The van der Waals surface area contributed by atoms with Crippen LogP contribution in [0.3, 0.4) is 0 Å². The van der Waals surface area contributed by atoms with Gasteiger partial charge in [-0.2, -0.15) is 0 Å². The molecule has 1 aliphatic heterocycles. The van der Waals surface area contributed by atoms with Crippen LogP contribution >= 0.6 is 0 Å². The van der Waals surface area contributed by atoms with Gasteiger partial charge >= 0.3 is 0 Å². The molecule has 2 aliphatic rings. The van der Waals surface area contributed by atoms with Crippen LogP contribution in [0.1, 0.15) is 24.8 Å². The van der Waals surface area contributed by atoms with Crippen LogP contribution in [0.15, 0.2) is 18.2 Å². The quantitative estimate of drug-likeness (QED) is 0.863. The summed E-state index contributed by atoms with van der Waals surface area (Å²) in [7, 11) is 0. The van der Waals surface area contributed by atoms with Gasteiger partial charge in [-0.3, -0.25) is 4.79 Å². The number of ether oxygens (including phenoxy) is 2. The predicted molar refractivity (Wildman–Crippen MR) is 61.8 cm³/mol. The average molecular weight is 233 g/mol. The molecule has 0 aromatic heterocycles. The predicted octanol–water partition coefficient (Wildman–Crippen LogP) is 1.64. The smallest absolute Gasteiger partial charge is 0.231 e. The summed E-state index contributed by atoms with van der Waals surface area (Å²) in [6.45, 7) is 2.18. The Kier molecular flexibility index (Phi) is 2.24. The van der Waals surface area contributed by atoms with Crippen molar-refractivity contribution in [2.75, 3.05) is 6.79 Å². The molecule has 3 rings (SSSR count). The van der Waals surface area contributed by atoms with Gasteiger partial charge in [-0.05, 0) is 24.3 Å². The van der Waals surface area contributed by atoms with Crippen molar-refractivity contribution in [3.05, 3.63) is 23.8 Å². The van der Waals surface area contributed by atoms with E-state index >= 15 is 0 Å². The van der Waals surface area contributed by atoms with Gasteiger partial charge in [-0.1, -0.05) is 19.1 Å². The van der Waals surface area contributed by atoms with Gasteiger partial charge in [0.2, 0.25) is 12.7 Å². The topological polar surface area (TPSA) is 61.6 Å². The Morgan fingerprint density at radius 2 is 2.29 bits per heavy atom. The van der Waals surface area contributed by atoms with Gasteiger partial charge in [0.15, 0.2) is 11.5 Å². The molecule has 4 heteroatoms. The molecule has 1 fully saturated rings. The molecule has 1 aromatic rings. The number of benzene rings is 1. The van der Waals surface area contributed by atoms with E-state index in [1.165, 1.54) is 0 Å². The van der Waals surface area contributed by atoms with E-state index in [4.69, 9.17) is 15.2 Å². The first-order chi connectivity index (χ1) is 8.18. The number of para-hydroxylation sites is 1. The summed E-state index contributed by atoms with van der Waals surface area (Å²) in [6, 6.07) is 5.92. The standard InChI is InChI=1S/C13H15NO3/c1-7(13(14)15)9-5-10(9)8-3-2-4-11-12(8)17-6-16-11/h2-4,7,9-10H,5-6H2,1H3,(H2,14,15). The van der Waals surface area contributed by atoms with Gasteiger partial charge in [0, 0.05) is 11.5 Å². The Morgan fingerprint density at radius 1 is 1.47 bits per heavy atom. The van der Waals surface area contributed by atoms with E-state index in [-0.39, 0.29) is 18.6 Å². The van der Waals surface area contributed by atoms with E-state index in [1.54, 1.807) is 0 Å². The molecule has 0 radical (unpaired) electrons. The van der Waals surface area contributed by atoms with Gasteiger partial charge in [0.25, 0.3) is 0 Å². The highest BCUT2D eigenvalue weighted by Gasteiger charge is 2.46. The number of primary amides is 1. The van der Waals surface area contributed by atoms with Crippen molar-refractivity contribution in [1.82, 2.24) is 0 Å². The zero-order valence-electron chi connectivity index (χ0n) is 9.68. The molecule has 4 nitrogen and oxygen atoms in total. The van der Waals surface area contributed by atoms with Crippen molar-refractivity contribution >= 4 is 5.91 Å². The zero-order chi connectivity index (χ0) is 12.0. The Balaban J connectivity index is 1.84.